The number of carbonyl (C=O) groups excluding carboxylic acids is 3. The maximum atomic E-state index is 12.0. The molecule has 0 fully saturated rings. The summed E-state index contributed by atoms with van der Waals surface area (Å²) in [5.41, 5.74) is 0.304. The Hall–Kier alpha value is -3.03. The van der Waals surface area contributed by atoms with E-state index < -0.39 is 17.8 Å². The molecule has 0 N–H and O–H groups in total. The minimum absolute atomic E-state index is 0.0935. The molecule has 0 radical (unpaired) electrons. The summed E-state index contributed by atoms with van der Waals surface area (Å²) in [6.45, 7) is 0. The van der Waals surface area contributed by atoms with Crippen LogP contribution in [0.1, 0.15) is 31.2 Å². The van der Waals surface area contributed by atoms with E-state index in [1.165, 1.54) is 23.0 Å². The number of aromatic nitrogens is 3. The molecular weight excluding hydrogens is 264 g/mol. The Labute approximate surface area is 112 Å². The van der Waals surface area contributed by atoms with Gasteiger partial charge in [0.05, 0.1) is 17.3 Å². The van der Waals surface area contributed by atoms with E-state index >= 15 is 0 Å². The molecule has 1 aromatic heterocycles. The van der Waals surface area contributed by atoms with E-state index in [1.807, 2.05) is 0 Å². The number of hydrogen-bond donors (Lipinski definition) is 0. The lowest BCUT2D eigenvalue weighted by molar-refractivity contribution is -0.0588. The summed E-state index contributed by atoms with van der Waals surface area (Å²) in [5.74, 6) is -2.28. The van der Waals surface area contributed by atoms with Crippen LogP contribution in [-0.4, -0.2) is 37.8 Å². The second-order valence-electron chi connectivity index (χ2n) is 4.11. The van der Waals surface area contributed by atoms with Crippen LogP contribution in [0.3, 0.4) is 0 Å². The topological polar surface area (TPSA) is 94.4 Å². The van der Waals surface area contributed by atoms with Crippen molar-refractivity contribution in [3.63, 3.8) is 0 Å². The molecule has 0 aliphatic carbocycles. The molecule has 8 heteroatoms. The zero-order chi connectivity index (χ0) is 14.3. The zero-order valence-corrected chi connectivity index (χ0v) is 10.3. The number of hydroxylamine groups is 2. The van der Waals surface area contributed by atoms with Crippen molar-refractivity contribution >= 4 is 17.8 Å². The standard InChI is InChI=1S/C12H8N4O4/c1-15-6-9(13-14-15)12(19)20-16-10(17)7-4-2-3-5-8(7)11(16)18/h2-6H,1H3. The Morgan fingerprint density at radius 2 is 1.75 bits per heavy atom. The number of rotatable bonds is 2. The van der Waals surface area contributed by atoms with Crippen LogP contribution in [0.25, 0.3) is 0 Å². The van der Waals surface area contributed by atoms with Crippen LogP contribution in [0.4, 0.5) is 0 Å². The molecule has 2 amide bonds. The van der Waals surface area contributed by atoms with E-state index in [2.05, 4.69) is 10.3 Å². The van der Waals surface area contributed by atoms with Crippen LogP contribution in [0.2, 0.25) is 0 Å². The van der Waals surface area contributed by atoms with Crippen LogP contribution >= 0.6 is 0 Å². The number of hydrogen-bond acceptors (Lipinski definition) is 6. The third-order valence-corrected chi connectivity index (χ3v) is 2.74. The quantitative estimate of drug-likeness (QED) is 0.724. The van der Waals surface area contributed by atoms with E-state index in [0.717, 1.165) is 0 Å². The van der Waals surface area contributed by atoms with Crippen molar-refractivity contribution in [1.29, 1.82) is 0 Å². The smallest absolute Gasteiger partial charge is 0.322 e. The molecule has 20 heavy (non-hydrogen) atoms. The zero-order valence-electron chi connectivity index (χ0n) is 10.3. The van der Waals surface area contributed by atoms with Gasteiger partial charge in [-0.05, 0) is 12.1 Å². The van der Waals surface area contributed by atoms with Crippen molar-refractivity contribution < 1.29 is 19.2 Å². The van der Waals surface area contributed by atoms with Gasteiger partial charge >= 0.3 is 5.97 Å². The average Bonchev–Trinajstić information content (AvgIpc) is 2.98. The minimum Gasteiger partial charge on any atom is -0.322 e. The first-order chi connectivity index (χ1) is 9.58. The number of aryl methyl sites for hydroxylation is 1. The molecule has 1 aliphatic heterocycles. The third-order valence-electron chi connectivity index (χ3n) is 2.74. The molecule has 0 bridgehead atoms. The number of benzene rings is 1. The van der Waals surface area contributed by atoms with Crippen LogP contribution in [-0.2, 0) is 11.9 Å². The largest absolute Gasteiger partial charge is 0.385 e. The molecule has 2 aromatic rings. The first-order valence-corrected chi connectivity index (χ1v) is 5.64. The molecule has 0 saturated heterocycles. The maximum Gasteiger partial charge on any atom is 0.385 e. The van der Waals surface area contributed by atoms with Crippen molar-refractivity contribution in [3.05, 3.63) is 47.3 Å². The van der Waals surface area contributed by atoms with E-state index in [9.17, 15) is 14.4 Å². The number of fused-ring (bicyclic) bond motifs is 1. The number of carbonyl (C=O) groups is 3. The van der Waals surface area contributed by atoms with Gasteiger partial charge in [0.25, 0.3) is 11.8 Å². The first-order valence-electron chi connectivity index (χ1n) is 5.64. The average molecular weight is 272 g/mol. The van der Waals surface area contributed by atoms with E-state index in [0.29, 0.717) is 5.06 Å². The van der Waals surface area contributed by atoms with Crippen LogP contribution in [0, 0.1) is 0 Å². The number of nitrogens with zero attached hydrogens (tertiary/aromatic N) is 4. The van der Waals surface area contributed by atoms with Crippen molar-refractivity contribution in [1.82, 2.24) is 20.1 Å². The van der Waals surface area contributed by atoms with Gasteiger partial charge in [0.2, 0.25) is 0 Å². The predicted molar refractivity (Wildman–Crippen MR) is 63.4 cm³/mol. The fourth-order valence-corrected chi connectivity index (χ4v) is 1.82. The Morgan fingerprint density at radius 3 is 2.25 bits per heavy atom. The predicted octanol–water partition coefficient (Wildman–Crippen LogP) is 0.183. The first kappa shape index (κ1) is 12.0. The van der Waals surface area contributed by atoms with Gasteiger partial charge in [-0.25, -0.2) is 4.79 Å². The Morgan fingerprint density at radius 1 is 1.15 bits per heavy atom. The molecule has 8 nitrogen and oxygen atoms in total. The van der Waals surface area contributed by atoms with Gasteiger partial charge in [0.15, 0.2) is 5.69 Å². The summed E-state index contributed by atoms with van der Waals surface area (Å²) < 4.78 is 1.30. The highest BCUT2D eigenvalue weighted by Crippen LogP contribution is 2.22. The van der Waals surface area contributed by atoms with Gasteiger partial charge in [0, 0.05) is 7.05 Å². The van der Waals surface area contributed by atoms with E-state index in [1.54, 1.807) is 19.2 Å². The van der Waals surface area contributed by atoms with Gasteiger partial charge in [0.1, 0.15) is 0 Å². The van der Waals surface area contributed by atoms with Gasteiger partial charge in [-0.3, -0.25) is 14.3 Å². The normalized spacial score (nSPS) is 13.6. The molecular formula is C12H8N4O4. The van der Waals surface area contributed by atoms with Gasteiger partial charge in [-0.2, -0.15) is 0 Å². The molecule has 100 valence electrons. The maximum absolute atomic E-state index is 12.0. The fourth-order valence-electron chi connectivity index (χ4n) is 1.82. The lowest BCUT2D eigenvalue weighted by Gasteiger charge is -2.11. The monoisotopic (exact) mass is 272 g/mol. The summed E-state index contributed by atoms with van der Waals surface area (Å²) in [4.78, 5) is 40.5. The molecule has 1 aromatic carbocycles. The highest BCUT2D eigenvalue weighted by atomic mass is 16.7. The van der Waals surface area contributed by atoms with Crippen molar-refractivity contribution in [3.8, 4) is 0 Å². The van der Waals surface area contributed by atoms with E-state index in [-0.39, 0.29) is 16.8 Å². The number of imide groups is 1. The third kappa shape index (κ3) is 1.74. The molecule has 0 unspecified atom stereocenters. The lowest BCUT2D eigenvalue weighted by atomic mass is 10.1. The Kier molecular flexibility index (Phi) is 2.56. The summed E-state index contributed by atoms with van der Waals surface area (Å²) in [6.07, 6.45) is 1.32. The number of amides is 2. The highest BCUT2D eigenvalue weighted by molar-refractivity contribution is 6.21. The van der Waals surface area contributed by atoms with Crippen LogP contribution in [0.5, 0.6) is 0 Å². The Balaban J connectivity index is 1.85. The minimum atomic E-state index is -0.924. The summed E-state index contributed by atoms with van der Waals surface area (Å²) >= 11 is 0. The van der Waals surface area contributed by atoms with Crippen LogP contribution in [0.15, 0.2) is 30.5 Å². The second-order valence-corrected chi connectivity index (χ2v) is 4.11. The molecule has 0 spiro atoms. The fraction of sp³-hybridized carbons (Fsp3) is 0.0833. The van der Waals surface area contributed by atoms with Gasteiger partial charge < -0.3 is 4.84 Å². The van der Waals surface area contributed by atoms with Gasteiger partial charge in [-0.1, -0.05) is 22.4 Å². The second kappa shape index (κ2) is 4.26. The summed E-state index contributed by atoms with van der Waals surface area (Å²) in [5, 5.41) is 7.55. The molecule has 2 heterocycles. The molecule has 3 rings (SSSR count). The molecule has 0 atom stereocenters. The molecule has 1 aliphatic rings. The van der Waals surface area contributed by atoms with Crippen molar-refractivity contribution in [2.45, 2.75) is 0 Å². The summed E-state index contributed by atoms with van der Waals surface area (Å²) in [6, 6.07) is 6.23. The van der Waals surface area contributed by atoms with Crippen molar-refractivity contribution in [2.24, 2.45) is 7.05 Å². The van der Waals surface area contributed by atoms with Crippen molar-refractivity contribution in [2.75, 3.05) is 0 Å². The summed E-state index contributed by atoms with van der Waals surface area (Å²) in [7, 11) is 1.58. The lowest BCUT2D eigenvalue weighted by Crippen LogP contribution is -2.32. The SMILES string of the molecule is Cn1cc(C(=O)ON2C(=O)c3ccccc3C2=O)nn1. The molecule has 0 saturated carbocycles. The highest BCUT2D eigenvalue weighted by Gasteiger charge is 2.39. The van der Waals surface area contributed by atoms with Gasteiger partial charge in [-0.15, -0.1) is 5.10 Å². The van der Waals surface area contributed by atoms with E-state index in [4.69, 9.17) is 4.84 Å². The Bertz CT molecular complexity index is 702. The van der Waals surface area contributed by atoms with Crippen LogP contribution < -0.4 is 0 Å².